The summed E-state index contributed by atoms with van der Waals surface area (Å²) in [4.78, 5) is 11.8. The molecule has 2 rings (SSSR count). The summed E-state index contributed by atoms with van der Waals surface area (Å²) in [5, 5.41) is 0.0806. The molecule has 6 heteroatoms. The molecule has 0 saturated heterocycles. The van der Waals surface area contributed by atoms with Crippen LogP contribution < -0.4 is 5.73 Å². The number of ether oxygens (including phenoxy) is 1. The molecule has 0 radical (unpaired) electrons. The summed E-state index contributed by atoms with van der Waals surface area (Å²) >= 11 is 5.87. The van der Waals surface area contributed by atoms with Crippen LogP contribution in [0.15, 0.2) is 36.4 Å². The number of rotatable bonds is 3. The fourth-order valence-corrected chi connectivity index (χ4v) is 1.77. The Balaban J connectivity index is 2.11. The number of carbonyl (C=O) groups excluding carboxylic acids is 1. The van der Waals surface area contributed by atoms with Crippen LogP contribution in [0.3, 0.4) is 0 Å². The summed E-state index contributed by atoms with van der Waals surface area (Å²) in [6.45, 7) is -0.323. The molecule has 0 fully saturated rings. The molecule has 0 aliphatic heterocycles. The fraction of sp³-hybridized carbons (Fsp3) is 0.0714. The van der Waals surface area contributed by atoms with Crippen molar-refractivity contribution in [2.45, 2.75) is 6.61 Å². The molecule has 3 nitrogen and oxygen atoms in total. The third-order valence-electron chi connectivity index (χ3n) is 2.62. The van der Waals surface area contributed by atoms with E-state index in [0.717, 1.165) is 12.1 Å². The molecule has 0 aromatic heterocycles. The Morgan fingerprint density at radius 2 is 2.00 bits per heavy atom. The topological polar surface area (TPSA) is 52.3 Å². The summed E-state index contributed by atoms with van der Waals surface area (Å²) in [6.07, 6.45) is 0. The van der Waals surface area contributed by atoms with Crippen LogP contribution in [-0.4, -0.2) is 5.97 Å². The van der Waals surface area contributed by atoms with E-state index in [9.17, 15) is 13.6 Å². The Kier molecular flexibility index (Phi) is 4.20. The smallest absolute Gasteiger partial charge is 0.340 e. The Morgan fingerprint density at radius 3 is 2.70 bits per heavy atom. The first-order chi connectivity index (χ1) is 9.49. The number of benzene rings is 2. The van der Waals surface area contributed by atoms with Crippen molar-refractivity contribution in [3.05, 3.63) is 64.2 Å². The Labute approximate surface area is 118 Å². The Morgan fingerprint density at radius 1 is 1.25 bits per heavy atom. The second-order valence-electron chi connectivity index (χ2n) is 4.02. The number of halogens is 3. The second kappa shape index (κ2) is 5.88. The number of esters is 1. The highest BCUT2D eigenvalue weighted by molar-refractivity contribution is 6.36. The minimum atomic E-state index is -0.781. The summed E-state index contributed by atoms with van der Waals surface area (Å²) in [7, 11) is 0. The fourth-order valence-electron chi connectivity index (χ4n) is 1.57. The van der Waals surface area contributed by atoms with Gasteiger partial charge >= 0.3 is 5.97 Å². The summed E-state index contributed by atoms with van der Waals surface area (Å²) < 4.78 is 31.0. The van der Waals surface area contributed by atoms with E-state index in [0.29, 0.717) is 0 Å². The molecule has 0 aliphatic carbocycles. The number of carbonyl (C=O) groups is 1. The van der Waals surface area contributed by atoms with E-state index in [4.69, 9.17) is 22.1 Å². The number of nitrogen functional groups attached to an aromatic ring is 1. The summed E-state index contributed by atoms with van der Waals surface area (Å²) in [5.41, 5.74) is 5.97. The first-order valence-electron chi connectivity index (χ1n) is 5.64. The zero-order valence-electron chi connectivity index (χ0n) is 10.2. The number of anilines is 1. The standard InChI is InChI=1S/C14H10ClF2NO2/c15-13-10(2-1-3-12(13)18)14(19)20-7-8-4-5-9(16)6-11(8)17/h1-6H,7,18H2. The van der Waals surface area contributed by atoms with E-state index in [-0.39, 0.29) is 28.4 Å². The van der Waals surface area contributed by atoms with Gasteiger partial charge in [-0.2, -0.15) is 0 Å². The summed E-state index contributed by atoms with van der Waals surface area (Å²) in [6, 6.07) is 7.55. The van der Waals surface area contributed by atoms with Crippen LogP contribution in [-0.2, 0) is 11.3 Å². The van der Waals surface area contributed by atoms with Crippen LogP contribution in [0, 0.1) is 11.6 Å². The molecule has 0 heterocycles. The molecule has 0 aliphatic rings. The van der Waals surface area contributed by atoms with E-state index in [1.54, 1.807) is 12.1 Å². The van der Waals surface area contributed by atoms with Gasteiger partial charge in [0.05, 0.1) is 16.3 Å². The zero-order valence-corrected chi connectivity index (χ0v) is 11.0. The minimum absolute atomic E-state index is 0.0692. The average molecular weight is 298 g/mol. The number of hydrogen-bond donors (Lipinski definition) is 1. The first-order valence-corrected chi connectivity index (χ1v) is 6.02. The minimum Gasteiger partial charge on any atom is -0.457 e. The van der Waals surface area contributed by atoms with Crippen LogP contribution in [0.2, 0.25) is 5.02 Å². The van der Waals surface area contributed by atoms with Gasteiger partial charge in [0.1, 0.15) is 18.2 Å². The molecular formula is C14H10ClF2NO2. The maximum Gasteiger partial charge on any atom is 0.340 e. The molecule has 2 aromatic carbocycles. The van der Waals surface area contributed by atoms with Crippen molar-refractivity contribution in [3.63, 3.8) is 0 Å². The largest absolute Gasteiger partial charge is 0.457 e. The Hall–Kier alpha value is -2.14. The molecule has 0 unspecified atom stereocenters. The normalized spacial score (nSPS) is 10.3. The number of nitrogens with two attached hydrogens (primary N) is 1. The van der Waals surface area contributed by atoms with Crippen molar-refractivity contribution in [3.8, 4) is 0 Å². The van der Waals surface area contributed by atoms with Gasteiger partial charge in [-0.15, -0.1) is 0 Å². The third kappa shape index (κ3) is 3.05. The molecule has 0 amide bonds. The van der Waals surface area contributed by atoms with Crippen LogP contribution in [0.1, 0.15) is 15.9 Å². The van der Waals surface area contributed by atoms with Crippen LogP contribution >= 0.6 is 11.6 Å². The molecule has 0 atom stereocenters. The van der Waals surface area contributed by atoms with E-state index >= 15 is 0 Å². The molecule has 20 heavy (non-hydrogen) atoms. The van der Waals surface area contributed by atoms with Gasteiger partial charge in [-0.1, -0.05) is 17.7 Å². The summed E-state index contributed by atoms with van der Waals surface area (Å²) in [5.74, 6) is -2.21. The quantitative estimate of drug-likeness (QED) is 0.696. The lowest BCUT2D eigenvalue weighted by Gasteiger charge is -2.08. The van der Waals surface area contributed by atoms with Gasteiger partial charge in [-0.25, -0.2) is 13.6 Å². The molecular weight excluding hydrogens is 288 g/mol. The van der Waals surface area contributed by atoms with Gasteiger partial charge in [0.15, 0.2) is 0 Å². The van der Waals surface area contributed by atoms with E-state index < -0.39 is 17.6 Å². The highest BCUT2D eigenvalue weighted by Crippen LogP contribution is 2.24. The predicted octanol–water partition coefficient (Wildman–Crippen LogP) is 3.56. The first kappa shape index (κ1) is 14.3. The maximum atomic E-state index is 13.4. The van der Waals surface area contributed by atoms with Crippen molar-refractivity contribution in [2.24, 2.45) is 0 Å². The molecule has 2 aromatic rings. The lowest BCUT2D eigenvalue weighted by molar-refractivity contribution is 0.0469. The SMILES string of the molecule is Nc1cccc(C(=O)OCc2ccc(F)cc2F)c1Cl. The highest BCUT2D eigenvalue weighted by atomic mass is 35.5. The van der Waals surface area contributed by atoms with Crippen LogP contribution in [0.4, 0.5) is 14.5 Å². The van der Waals surface area contributed by atoms with E-state index in [1.807, 2.05) is 0 Å². The maximum absolute atomic E-state index is 13.4. The molecule has 0 bridgehead atoms. The molecule has 2 N–H and O–H groups in total. The van der Waals surface area contributed by atoms with Gasteiger partial charge in [-0.05, 0) is 24.3 Å². The molecule has 104 valence electrons. The number of hydrogen-bond acceptors (Lipinski definition) is 3. The monoisotopic (exact) mass is 297 g/mol. The Bertz CT molecular complexity index is 662. The van der Waals surface area contributed by atoms with Crippen molar-refractivity contribution in [2.75, 3.05) is 5.73 Å². The van der Waals surface area contributed by atoms with E-state index in [1.165, 1.54) is 12.1 Å². The average Bonchev–Trinajstić information content (AvgIpc) is 2.40. The third-order valence-corrected chi connectivity index (χ3v) is 3.04. The van der Waals surface area contributed by atoms with Gasteiger partial charge in [0.2, 0.25) is 0 Å². The second-order valence-corrected chi connectivity index (χ2v) is 4.40. The molecule has 0 saturated carbocycles. The molecule has 0 spiro atoms. The van der Waals surface area contributed by atoms with Crippen molar-refractivity contribution in [1.29, 1.82) is 0 Å². The van der Waals surface area contributed by atoms with Gasteiger partial charge in [0.25, 0.3) is 0 Å². The zero-order chi connectivity index (χ0) is 14.7. The van der Waals surface area contributed by atoms with Crippen LogP contribution in [0.5, 0.6) is 0 Å². The van der Waals surface area contributed by atoms with Gasteiger partial charge < -0.3 is 10.5 Å². The van der Waals surface area contributed by atoms with Crippen LogP contribution in [0.25, 0.3) is 0 Å². The highest BCUT2D eigenvalue weighted by Gasteiger charge is 2.14. The van der Waals surface area contributed by atoms with Crippen molar-refractivity contribution in [1.82, 2.24) is 0 Å². The van der Waals surface area contributed by atoms with Gasteiger partial charge in [-0.3, -0.25) is 0 Å². The lowest BCUT2D eigenvalue weighted by Crippen LogP contribution is -2.08. The van der Waals surface area contributed by atoms with Crippen molar-refractivity contribution < 1.29 is 18.3 Å². The predicted molar refractivity (Wildman–Crippen MR) is 71.3 cm³/mol. The lowest BCUT2D eigenvalue weighted by atomic mass is 10.2. The van der Waals surface area contributed by atoms with Gasteiger partial charge in [0, 0.05) is 11.6 Å². The van der Waals surface area contributed by atoms with E-state index in [2.05, 4.69) is 0 Å². The van der Waals surface area contributed by atoms with Crippen molar-refractivity contribution >= 4 is 23.3 Å².